The van der Waals surface area contributed by atoms with Crippen LogP contribution < -0.4 is 20.3 Å². The van der Waals surface area contributed by atoms with Gasteiger partial charge in [-0.3, -0.25) is 0 Å². The number of sulfone groups is 1. The molecule has 0 fully saturated rings. The number of hydrogen-bond donors (Lipinski definition) is 2. The molecule has 0 bridgehead atoms. The van der Waals surface area contributed by atoms with Gasteiger partial charge in [-0.1, -0.05) is 17.7 Å². The second kappa shape index (κ2) is 8.92. The Kier molecular flexibility index (Phi) is 5.95. The lowest BCUT2D eigenvalue weighted by Crippen LogP contribution is -2.32. The number of halogens is 1. The van der Waals surface area contributed by atoms with Crippen LogP contribution in [0.2, 0.25) is 5.02 Å². The molecule has 2 aliphatic heterocycles. The molecule has 3 aromatic rings. The second-order valence-electron chi connectivity index (χ2n) is 8.59. The van der Waals surface area contributed by atoms with Crippen LogP contribution in [0.1, 0.15) is 22.4 Å². The summed E-state index contributed by atoms with van der Waals surface area (Å²) in [5.74, 6) is 1.04. The molecule has 0 unspecified atom stereocenters. The molecule has 0 saturated heterocycles. The van der Waals surface area contributed by atoms with Gasteiger partial charge >= 0.3 is 0 Å². The highest BCUT2D eigenvalue weighted by Gasteiger charge is 2.25. The van der Waals surface area contributed by atoms with Gasteiger partial charge in [0.1, 0.15) is 12.3 Å². The predicted molar refractivity (Wildman–Crippen MR) is 133 cm³/mol. The lowest BCUT2D eigenvalue weighted by molar-refractivity contribution is 0.310. The third-order valence-corrected chi connectivity index (χ3v) is 7.13. The molecule has 2 aromatic heterocycles. The topological polar surface area (TPSA) is 109 Å². The van der Waals surface area contributed by atoms with E-state index in [0.29, 0.717) is 36.5 Å². The van der Waals surface area contributed by atoms with Crippen molar-refractivity contribution < 1.29 is 13.2 Å². The fourth-order valence-corrected chi connectivity index (χ4v) is 5.39. The quantitative estimate of drug-likeness (QED) is 0.544. The Morgan fingerprint density at radius 2 is 2.12 bits per heavy atom. The Labute approximate surface area is 203 Å². The molecule has 0 saturated carbocycles. The van der Waals surface area contributed by atoms with Gasteiger partial charge < -0.3 is 20.3 Å². The summed E-state index contributed by atoms with van der Waals surface area (Å²) in [6.07, 6.45) is 5.64. The molecular formula is C23H25ClN6O3S. The highest BCUT2D eigenvalue weighted by Crippen LogP contribution is 2.40. The number of anilines is 4. The van der Waals surface area contributed by atoms with E-state index in [1.807, 2.05) is 31.3 Å². The van der Waals surface area contributed by atoms with Crippen molar-refractivity contribution >= 4 is 44.4 Å². The number of nitrogens with zero attached hydrogens (tertiary/aromatic N) is 4. The fraction of sp³-hybridized carbons (Fsp3) is 0.348. The van der Waals surface area contributed by atoms with Crippen molar-refractivity contribution in [3.63, 3.8) is 0 Å². The minimum absolute atomic E-state index is 0.0199. The molecular weight excluding hydrogens is 476 g/mol. The van der Waals surface area contributed by atoms with Gasteiger partial charge in [0.05, 0.1) is 34.9 Å². The smallest absolute Gasteiger partial charge is 0.239 e. The van der Waals surface area contributed by atoms with Crippen LogP contribution in [-0.2, 0) is 28.6 Å². The van der Waals surface area contributed by atoms with Crippen molar-refractivity contribution in [1.82, 2.24) is 15.0 Å². The SMILES string of the molecule is Cc1cc(Nc2ncc3c(n2)CN(c2cnc4c(c2Cl)NCCO4)CC3)ccc1CS(C)(=O)=O. The number of aryl methyl sites for hydroxylation is 1. The summed E-state index contributed by atoms with van der Waals surface area (Å²) in [7, 11) is -3.09. The molecule has 34 heavy (non-hydrogen) atoms. The summed E-state index contributed by atoms with van der Waals surface area (Å²) in [4.78, 5) is 15.8. The first-order valence-electron chi connectivity index (χ1n) is 11.0. The molecule has 0 amide bonds. The van der Waals surface area contributed by atoms with E-state index in [4.69, 9.17) is 21.3 Å². The zero-order valence-corrected chi connectivity index (χ0v) is 20.5. The Bertz CT molecular complexity index is 1370. The second-order valence-corrected chi connectivity index (χ2v) is 11.1. The van der Waals surface area contributed by atoms with E-state index in [9.17, 15) is 8.42 Å². The van der Waals surface area contributed by atoms with E-state index in [1.54, 1.807) is 6.20 Å². The number of hydrogen-bond acceptors (Lipinski definition) is 9. The molecule has 11 heteroatoms. The minimum Gasteiger partial charge on any atom is -0.474 e. The monoisotopic (exact) mass is 500 g/mol. The van der Waals surface area contributed by atoms with Gasteiger partial charge in [0.15, 0.2) is 9.84 Å². The molecule has 5 rings (SSSR count). The molecule has 1 aromatic carbocycles. The van der Waals surface area contributed by atoms with Crippen LogP contribution in [0.15, 0.2) is 30.6 Å². The highest BCUT2D eigenvalue weighted by molar-refractivity contribution is 7.89. The van der Waals surface area contributed by atoms with Crippen LogP contribution in [0.5, 0.6) is 5.88 Å². The molecule has 2 aliphatic rings. The van der Waals surface area contributed by atoms with Crippen LogP contribution in [-0.4, -0.2) is 49.3 Å². The van der Waals surface area contributed by atoms with E-state index >= 15 is 0 Å². The van der Waals surface area contributed by atoms with Crippen molar-refractivity contribution in [3.8, 4) is 5.88 Å². The zero-order chi connectivity index (χ0) is 23.9. The maximum Gasteiger partial charge on any atom is 0.239 e. The van der Waals surface area contributed by atoms with Crippen molar-refractivity contribution in [2.24, 2.45) is 0 Å². The average molecular weight is 501 g/mol. The summed E-state index contributed by atoms with van der Waals surface area (Å²) in [6, 6.07) is 5.57. The first kappa shape index (κ1) is 22.7. The Hall–Kier alpha value is -3.11. The van der Waals surface area contributed by atoms with E-state index in [-0.39, 0.29) is 5.75 Å². The molecule has 4 heterocycles. The van der Waals surface area contributed by atoms with Gasteiger partial charge in [-0.15, -0.1) is 0 Å². The maximum absolute atomic E-state index is 11.6. The van der Waals surface area contributed by atoms with Crippen molar-refractivity contribution in [2.75, 3.05) is 41.5 Å². The number of aromatic nitrogens is 3. The van der Waals surface area contributed by atoms with Gasteiger partial charge in [-0.05, 0) is 42.2 Å². The number of rotatable bonds is 5. The average Bonchev–Trinajstić information content (AvgIpc) is 2.80. The summed E-state index contributed by atoms with van der Waals surface area (Å²) in [5, 5.41) is 7.11. The van der Waals surface area contributed by atoms with Crippen LogP contribution in [0.3, 0.4) is 0 Å². The molecule has 0 spiro atoms. The van der Waals surface area contributed by atoms with Crippen molar-refractivity contribution in [1.29, 1.82) is 0 Å². The third-order valence-electron chi connectivity index (χ3n) is 5.91. The van der Waals surface area contributed by atoms with Crippen molar-refractivity contribution in [3.05, 3.63) is 58.0 Å². The van der Waals surface area contributed by atoms with Crippen LogP contribution in [0.25, 0.3) is 0 Å². The molecule has 0 aliphatic carbocycles. The minimum atomic E-state index is -3.09. The van der Waals surface area contributed by atoms with Gasteiger partial charge in [0.2, 0.25) is 11.8 Å². The van der Waals surface area contributed by atoms with Gasteiger partial charge in [-0.25, -0.2) is 23.4 Å². The van der Waals surface area contributed by atoms with Crippen molar-refractivity contribution in [2.45, 2.75) is 25.6 Å². The van der Waals surface area contributed by atoms with E-state index in [1.165, 1.54) is 6.26 Å². The molecule has 2 N–H and O–H groups in total. The Balaban J connectivity index is 1.35. The molecule has 0 atom stereocenters. The first-order chi connectivity index (χ1) is 16.3. The maximum atomic E-state index is 11.6. The summed E-state index contributed by atoms with van der Waals surface area (Å²) in [6.45, 7) is 4.52. The van der Waals surface area contributed by atoms with Crippen LogP contribution >= 0.6 is 11.6 Å². The summed E-state index contributed by atoms with van der Waals surface area (Å²) >= 11 is 6.69. The Morgan fingerprint density at radius 1 is 1.26 bits per heavy atom. The highest BCUT2D eigenvalue weighted by atomic mass is 35.5. The lowest BCUT2D eigenvalue weighted by Gasteiger charge is -2.31. The first-order valence-corrected chi connectivity index (χ1v) is 13.4. The largest absolute Gasteiger partial charge is 0.474 e. The number of benzene rings is 1. The number of pyridine rings is 1. The standard InChI is InChI=1S/C23H25ClN6O3S/c1-14-9-17(4-3-16(14)13-34(2,31)32)28-23-27-10-15-5-7-30(12-18(15)29-23)19-11-26-22-21(20(19)24)25-6-8-33-22/h3-4,9-11,25H,5-8,12-13H2,1-2H3,(H,27,28,29). The fourth-order valence-electron chi connectivity index (χ4n) is 4.19. The Morgan fingerprint density at radius 3 is 2.91 bits per heavy atom. The predicted octanol–water partition coefficient (Wildman–Crippen LogP) is 3.49. The van der Waals surface area contributed by atoms with Gasteiger partial charge in [0, 0.05) is 31.2 Å². The number of ether oxygens (including phenoxy) is 1. The number of fused-ring (bicyclic) bond motifs is 2. The normalized spacial score (nSPS) is 15.1. The molecule has 9 nitrogen and oxygen atoms in total. The summed E-state index contributed by atoms with van der Waals surface area (Å²) < 4.78 is 28.8. The van der Waals surface area contributed by atoms with Crippen LogP contribution in [0, 0.1) is 6.92 Å². The van der Waals surface area contributed by atoms with Gasteiger partial charge in [-0.2, -0.15) is 0 Å². The zero-order valence-electron chi connectivity index (χ0n) is 18.9. The third kappa shape index (κ3) is 4.74. The van der Waals surface area contributed by atoms with E-state index in [0.717, 1.165) is 52.4 Å². The lowest BCUT2D eigenvalue weighted by atomic mass is 10.1. The number of nitrogens with one attached hydrogen (secondary N) is 2. The summed E-state index contributed by atoms with van der Waals surface area (Å²) in [5.41, 5.74) is 6.08. The van der Waals surface area contributed by atoms with E-state index in [2.05, 4.69) is 25.5 Å². The molecule has 0 radical (unpaired) electrons. The van der Waals surface area contributed by atoms with Gasteiger partial charge in [0.25, 0.3) is 0 Å². The van der Waals surface area contributed by atoms with E-state index < -0.39 is 9.84 Å². The van der Waals surface area contributed by atoms with Crippen LogP contribution in [0.4, 0.5) is 23.0 Å². The molecule has 178 valence electrons.